The van der Waals surface area contributed by atoms with Crippen LogP contribution in [0.3, 0.4) is 0 Å². The first kappa shape index (κ1) is 14.2. The van der Waals surface area contributed by atoms with E-state index in [1.54, 1.807) is 19.5 Å². The van der Waals surface area contributed by atoms with Gasteiger partial charge < -0.3 is 9.72 Å². The molecule has 0 radical (unpaired) electrons. The van der Waals surface area contributed by atoms with Crippen molar-refractivity contribution in [2.45, 2.75) is 0 Å². The van der Waals surface area contributed by atoms with Gasteiger partial charge in [-0.3, -0.25) is 5.43 Å². The molecule has 4 aromatic rings. The number of hydrogen-bond donors (Lipinski definition) is 2. The number of fused-ring (bicyclic) bond motifs is 3. The molecule has 118 valence electrons. The Hall–Kier alpha value is -3.41. The number of benzene rings is 2. The van der Waals surface area contributed by atoms with Gasteiger partial charge >= 0.3 is 0 Å². The Morgan fingerprint density at radius 3 is 2.83 bits per heavy atom. The molecular weight excluding hydrogens is 302 g/mol. The van der Waals surface area contributed by atoms with Crippen molar-refractivity contribution in [2.75, 3.05) is 12.5 Å². The lowest BCUT2D eigenvalue weighted by Gasteiger charge is -2.00. The van der Waals surface area contributed by atoms with E-state index < -0.39 is 0 Å². The first-order valence-electron chi connectivity index (χ1n) is 7.50. The molecule has 0 atom stereocenters. The third-order valence-electron chi connectivity index (χ3n) is 3.81. The number of hydrogen-bond acceptors (Lipinski definition) is 5. The topological polar surface area (TPSA) is 75.2 Å². The molecule has 0 unspecified atom stereocenters. The monoisotopic (exact) mass is 317 g/mol. The smallest absolute Gasteiger partial charge is 0.193 e. The van der Waals surface area contributed by atoms with Crippen molar-refractivity contribution in [1.29, 1.82) is 0 Å². The maximum Gasteiger partial charge on any atom is 0.193 e. The van der Waals surface area contributed by atoms with Crippen molar-refractivity contribution in [1.82, 2.24) is 15.2 Å². The van der Waals surface area contributed by atoms with Gasteiger partial charge in [0.15, 0.2) is 5.82 Å². The van der Waals surface area contributed by atoms with E-state index in [9.17, 15) is 0 Å². The highest BCUT2D eigenvalue weighted by molar-refractivity contribution is 6.10. The molecular formula is C18H15N5O. The second-order valence-corrected chi connectivity index (χ2v) is 5.30. The molecule has 4 rings (SSSR count). The summed E-state index contributed by atoms with van der Waals surface area (Å²) in [7, 11) is 1.65. The standard InChI is InChI=1S/C18H15N5O/c1-24-13-7-8-16-14(9-13)15-11-20-23-18(17(15)21-16)22-19-10-12-5-3-2-4-6-12/h2-11,21H,1H3,(H,22,23)/b19-10-. The molecule has 6 nitrogen and oxygen atoms in total. The number of nitrogens with zero attached hydrogens (tertiary/aromatic N) is 3. The van der Waals surface area contributed by atoms with Crippen LogP contribution in [0.2, 0.25) is 0 Å². The summed E-state index contributed by atoms with van der Waals surface area (Å²) < 4.78 is 5.30. The number of aromatic nitrogens is 3. The molecule has 0 aliphatic rings. The van der Waals surface area contributed by atoms with Crippen LogP contribution in [0.5, 0.6) is 5.75 Å². The fourth-order valence-electron chi connectivity index (χ4n) is 2.62. The summed E-state index contributed by atoms with van der Waals surface area (Å²) in [4.78, 5) is 3.35. The van der Waals surface area contributed by atoms with Crippen LogP contribution < -0.4 is 10.2 Å². The molecule has 2 N–H and O–H groups in total. The van der Waals surface area contributed by atoms with Crippen molar-refractivity contribution in [3.05, 3.63) is 60.3 Å². The van der Waals surface area contributed by atoms with Crippen LogP contribution in [0.4, 0.5) is 5.82 Å². The third kappa shape index (κ3) is 2.54. The molecule has 2 heterocycles. The van der Waals surface area contributed by atoms with E-state index in [0.29, 0.717) is 5.82 Å². The lowest BCUT2D eigenvalue weighted by Crippen LogP contribution is -1.96. The minimum absolute atomic E-state index is 0.579. The Balaban J connectivity index is 1.72. The number of rotatable bonds is 4. The maximum atomic E-state index is 5.30. The summed E-state index contributed by atoms with van der Waals surface area (Å²) in [5.41, 5.74) is 5.82. The highest BCUT2D eigenvalue weighted by Crippen LogP contribution is 2.30. The third-order valence-corrected chi connectivity index (χ3v) is 3.81. The molecule has 0 saturated heterocycles. The second kappa shape index (κ2) is 6.00. The minimum atomic E-state index is 0.579. The number of aromatic amines is 1. The van der Waals surface area contributed by atoms with Crippen LogP contribution in [0.1, 0.15) is 5.56 Å². The predicted octanol–water partition coefficient (Wildman–Crippen LogP) is 3.57. The maximum absolute atomic E-state index is 5.30. The van der Waals surface area contributed by atoms with Gasteiger partial charge in [-0.25, -0.2) is 0 Å². The van der Waals surface area contributed by atoms with Crippen molar-refractivity contribution in [3.8, 4) is 5.75 Å². The Bertz CT molecular complexity index is 1020. The van der Waals surface area contributed by atoms with Crippen LogP contribution in [-0.4, -0.2) is 28.5 Å². The zero-order chi connectivity index (χ0) is 16.4. The molecule has 6 heteroatoms. The second-order valence-electron chi connectivity index (χ2n) is 5.30. The molecule has 0 aliphatic heterocycles. The van der Waals surface area contributed by atoms with E-state index in [1.165, 1.54) is 0 Å². The van der Waals surface area contributed by atoms with Gasteiger partial charge in [0.1, 0.15) is 5.75 Å². The van der Waals surface area contributed by atoms with E-state index in [0.717, 1.165) is 33.1 Å². The lowest BCUT2D eigenvalue weighted by atomic mass is 10.2. The minimum Gasteiger partial charge on any atom is -0.497 e. The molecule has 2 aromatic carbocycles. The van der Waals surface area contributed by atoms with Gasteiger partial charge in [-0.2, -0.15) is 10.2 Å². The zero-order valence-electron chi connectivity index (χ0n) is 13.0. The van der Waals surface area contributed by atoms with Crippen molar-refractivity contribution in [3.63, 3.8) is 0 Å². The van der Waals surface area contributed by atoms with E-state index in [4.69, 9.17) is 4.74 Å². The average molecular weight is 317 g/mol. The molecule has 0 bridgehead atoms. The normalized spacial score (nSPS) is 11.4. The Kier molecular flexibility index (Phi) is 3.55. The predicted molar refractivity (Wildman–Crippen MR) is 95.6 cm³/mol. The highest BCUT2D eigenvalue weighted by Gasteiger charge is 2.10. The van der Waals surface area contributed by atoms with Gasteiger partial charge in [-0.1, -0.05) is 30.3 Å². The molecule has 2 aromatic heterocycles. The highest BCUT2D eigenvalue weighted by atomic mass is 16.5. The summed E-state index contributed by atoms with van der Waals surface area (Å²) in [6.07, 6.45) is 3.48. The summed E-state index contributed by atoms with van der Waals surface area (Å²) >= 11 is 0. The van der Waals surface area contributed by atoms with Gasteiger partial charge in [-0.15, -0.1) is 5.10 Å². The fraction of sp³-hybridized carbons (Fsp3) is 0.0556. The van der Waals surface area contributed by atoms with Gasteiger partial charge in [-0.05, 0) is 23.8 Å². The van der Waals surface area contributed by atoms with Crippen LogP contribution >= 0.6 is 0 Å². The average Bonchev–Trinajstić information content (AvgIpc) is 3.01. The van der Waals surface area contributed by atoms with Gasteiger partial charge in [0, 0.05) is 16.3 Å². The first-order chi connectivity index (χ1) is 11.8. The Morgan fingerprint density at radius 2 is 2.00 bits per heavy atom. The zero-order valence-corrected chi connectivity index (χ0v) is 13.0. The number of anilines is 1. The van der Waals surface area contributed by atoms with Crippen molar-refractivity contribution < 1.29 is 4.74 Å². The summed E-state index contributed by atoms with van der Waals surface area (Å²) in [5.74, 6) is 1.38. The first-order valence-corrected chi connectivity index (χ1v) is 7.50. The Morgan fingerprint density at radius 1 is 1.12 bits per heavy atom. The molecule has 0 spiro atoms. The summed E-state index contributed by atoms with van der Waals surface area (Å²) in [6.45, 7) is 0. The largest absolute Gasteiger partial charge is 0.497 e. The van der Waals surface area contributed by atoms with Crippen LogP contribution in [0.25, 0.3) is 21.8 Å². The molecule has 0 aliphatic carbocycles. The molecule has 0 fully saturated rings. The lowest BCUT2D eigenvalue weighted by molar-refractivity contribution is 0.415. The number of H-pyrrole nitrogens is 1. The molecule has 24 heavy (non-hydrogen) atoms. The summed E-state index contributed by atoms with van der Waals surface area (Å²) in [6, 6.07) is 15.7. The fourth-order valence-corrected chi connectivity index (χ4v) is 2.62. The van der Waals surface area contributed by atoms with Crippen LogP contribution in [-0.2, 0) is 0 Å². The van der Waals surface area contributed by atoms with Crippen LogP contribution in [0.15, 0.2) is 59.8 Å². The number of hydrazone groups is 1. The van der Waals surface area contributed by atoms with E-state index in [-0.39, 0.29) is 0 Å². The van der Waals surface area contributed by atoms with Gasteiger partial charge in [0.2, 0.25) is 0 Å². The SMILES string of the molecule is COc1ccc2[nH]c3c(N/N=C\c4ccccc4)nncc3c2c1. The quantitative estimate of drug-likeness (QED) is 0.446. The van der Waals surface area contributed by atoms with Gasteiger partial charge in [0.05, 0.1) is 25.0 Å². The van der Waals surface area contributed by atoms with Gasteiger partial charge in [0.25, 0.3) is 0 Å². The Labute approximate surface area is 138 Å². The van der Waals surface area contributed by atoms with E-state index >= 15 is 0 Å². The summed E-state index contributed by atoms with van der Waals surface area (Å²) in [5, 5.41) is 14.5. The van der Waals surface area contributed by atoms with Crippen molar-refractivity contribution >= 4 is 33.8 Å². The van der Waals surface area contributed by atoms with Crippen molar-refractivity contribution in [2.24, 2.45) is 5.10 Å². The van der Waals surface area contributed by atoms with E-state index in [2.05, 4.69) is 25.7 Å². The number of methoxy groups -OCH3 is 1. The molecule has 0 amide bonds. The number of ether oxygens (including phenoxy) is 1. The van der Waals surface area contributed by atoms with Crippen LogP contribution in [0, 0.1) is 0 Å². The number of nitrogens with one attached hydrogen (secondary N) is 2. The molecule has 0 saturated carbocycles. The van der Waals surface area contributed by atoms with E-state index in [1.807, 2.05) is 48.5 Å².